The van der Waals surface area contributed by atoms with Crippen molar-refractivity contribution in [3.63, 3.8) is 0 Å². The fourth-order valence-electron chi connectivity index (χ4n) is 2.10. The number of guanidine groups is 1. The monoisotopic (exact) mass is 443 g/mol. The zero-order valence-corrected chi connectivity index (χ0v) is 16.8. The van der Waals surface area contributed by atoms with Crippen molar-refractivity contribution in [1.82, 2.24) is 25.4 Å². The summed E-state index contributed by atoms with van der Waals surface area (Å²) in [5.74, 6) is 1.75. The van der Waals surface area contributed by atoms with Gasteiger partial charge in [0.25, 0.3) is 0 Å². The van der Waals surface area contributed by atoms with Crippen molar-refractivity contribution < 1.29 is 0 Å². The van der Waals surface area contributed by atoms with Crippen LogP contribution < -0.4 is 15.5 Å². The quantitative estimate of drug-likeness (QED) is 0.295. The summed E-state index contributed by atoms with van der Waals surface area (Å²) in [7, 11) is 5.75. The Kier molecular flexibility index (Phi) is 9.13. The van der Waals surface area contributed by atoms with Crippen LogP contribution in [0.5, 0.6) is 0 Å². The van der Waals surface area contributed by atoms with Crippen LogP contribution in [0.2, 0.25) is 0 Å². The molecule has 24 heavy (non-hydrogen) atoms. The molecule has 0 amide bonds. The van der Waals surface area contributed by atoms with Gasteiger partial charge in [-0.1, -0.05) is 0 Å². The van der Waals surface area contributed by atoms with E-state index in [0.717, 1.165) is 31.3 Å². The number of rotatable bonds is 7. The van der Waals surface area contributed by atoms with Crippen LogP contribution in [0.1, 0.15) is 12.0 Å². The Bertz CT molecular complexity index is 611. The predicted molar refractivity (Wildman–Crippen MR) is 109 cm³/mol. The molecule has 0 radical (unpaired) electrons. The fraction of sp³-hybridized carbons (Fsp3) is 0.438. The lowest BCUT2D eigenvalue weighted by Crippen LogP contribution is -2.37. The molecule has 0 aromatic carbocycles. The molecule has 2 aromatic heterocycles. The summed E-state index contributed by atoms with van der Waals surface area (Å²) in [5, 5.41) is 10.8. The number of hydrogen-bond donors (Lipinski definition) is 2. The van der Waals surface area contributed by atoms with Crippen molar-refractivity contribution in [2.24, 2.45) is 4.99 Å². The van der Waals surface area contributed by atoms with Gasteiger partial charge >= 0.3 is 0 Å². The number of nitrogens with zero attached hydrogens (tertiary/aromatic N) is 5. The number of anilines is 1. The molecular formula is C16H26IN7. The summed E-state index contributed by atoms with van der Waals surface area (Å²) in [5.41, 5.74) is 1.17. The smallest absolute Gasteiger partial charge is 0.191 e. The van der Waals surface area contributed by atoms with Gasteiger partial charge in [0.15, 0.2) is 5.96 Å². The number of aryl methyl sites for hydroxylation is 1. The first-order valence-electron chi connectivity index (χ1n) is 7.73. The van der Waals surface area contributed by atoms with Gasteiger partial charge in [0, 0.05) is 59.4 Å². The first kappa shape index (κ1) is 20.2. The van der Waals surface area contributed by atoms with Crippen molar-refractivity contribution in [3.05, 3.63) is 42.4 Å². The minimum Gasteiger partial charge on any atom is -0.363 e. The molecule has 0 aliphatic rings. The van der Waals surface area contributed by atoms with Gasteiger partial charge in [-0.05, 0) is 30.2 Å². The van der Waals surface area contributed by atoms with E-state index in [1.807, 2.05) is 48.2 Å². The molecule has 0 aliphatic carbocycles. The second-order valence-corrected chi connectivity index (χ2v) is 5.39. The van der Waals surface area contributed by atoms with Gasteiger partial charge < -0.3 is 15.5 Å². The highest BCUT2D eigenvalue weighted by atomic mass is 127. The van der Waals surface area contributed by atoms with Crippen molar-refractivity contribution in [3.8, 4) is 0 Å². The number of halogens is 1. The Morgan fingerprint density at radius 3 is 2.79 bits per heavy atom. The van der Waals surface area contributed by atoms with Crippen LogP contribution in [0.15, 0.2) is 41.8 Å². The largest absolute Gasteiger partial charge is 0.363 e. The van der Waals surface area contributed by atoms with Crippen molar-refractivity contribution in [2.75, 3.05) is 32.6 Å². The maximum absolute atomic E-state index is 4.32. The van der Waals surface area contributed by atoms with Crippen LogP contribution in [-0.4, -0.2) is 48.4 Å². The standard InChI is InChI=1S/C16H25N7.HI/c1-17-16(19-7-4-10-23-11-5-8-21-23)20-13-14-6-9-18-15(12-14)22(2)3;/h5-6,8-9,11-12H,4,7,10,13H2,1-3H3,(H2,17,19,20);1H. The summed E-state index contributed by atoms with van der Waals surface area (Å²) in [6, 6.07) is 6.01. The third kappa shape index (κ3) is 6.73. The second-order valence-electron chi connectivity index (χ2n) is 5.39. The first-order chi connectivity index (χ1) is 11.2. The molecule has 8 heteroatoms. The number of hydrogen-bond acceptors (Lipinski definition) is 4. The van der Waals surface area contributed by atoms with Crippen LogP contribution in [0.3, 0.4) is 0 Å². The minimum absolute atomic E-state index is 0. The summed E-state index contributed by atoms with van der Waals surface area (Å²) >= 11 is 0. The van der Waals surface area contributed by atoms with Gasteiger partial charge in [0.05, 0.1) is 0 Å². The molecule has 0 saturated carbocycles. The molecule has 0 spiro atoms. The van der Waals surface area contributed by atoms with Crippen LogP contribution in [0.4, 0.5) is 5.82 Å². The van der Waals surface area contributed by atoms with E-state index in [-0.39, 0.29) is 24.0 Å². The Balaban J connectivity index is 0.00000288. The van der Waals surface area contributed by atoms with Crippen molar-refractivity contribution in [2.45, 2.75) is 19.5 Å². The molecular weight excluding hydrogens is 417 g/mol. The Morgan fingerprint density at radius 1 is 1.29 bits per heavy atom. The molecule has 0 fully saturated rings. The minimum atomic E-state index is 0. The van der Waals surface area contributed by atoms with E-state index in [1.54, 1.807) is 13.2 Å². The van der Waals surface area contributed by atoms with Gasteiger partial charge in [0.1, 0.15) is 5.82 Å². The highest BCUT2D eigenvalue weighted by Crippen LogP contribution is 2.09. The lowest BCUT2D eigenvalue weighted by atomic mass is 10.2. The number of pyridine rings is 1. The van der Waals surface area contributed by atoms with Gasteiger partial charge in [-0.15, -0.1) is 24.0 Å². The second kappa shape index (κ2) is 10.8. The number of aliphatic imine (C=N–C) groups is 1. The maximum Gasteiger partial charge on any atom is 0.191 e. The van der Waals surface area contributed by atoms with Crippen LogP contribution in [0.25, 0.3) is 0 Å². The lowest BCUT2D eigenvalue weighted by Gasteiger charge is -2.14. The van der Waals surface area contributed by atoms with E-state index < -0.39 is 0 Å². The fourth-order valence-corrected chi connectivity index (χ4v) is 2.10. The third-order valence-corrected chi connectivity index (χ3v) is 3.37. The highest BCUT2D eigenvalue weighted by Gasteiger charge is 2.01. The predicted octanol–water partition coefficient (Wildman–Crippen LogP) is 1.72. The van der Waals surface area contributed by atoms with Crippen molar-refractivity contribution in [1.29, 1.82) is 0 Å². The average molecular weight is 443 g/mol. The normalized spacial score (nSPS) is 10.9. The average Bonchev–Trinajstić information content (AvgIpc) is 3.08. The Hall–Kier alpha value is -1.84. The van der Waals surface area contributed by atoms with Crippen LogP contribution in [-0.2, 0) is 13.1 Å². The molecule has 2 rings (SSSR count). The highest BCUT2D eigenvalue weighted by molar-refractivity contribution is 14.0. The molecule has 7 nitrogen and oxygen atoms in total. The zero-order valence-electron chi connectivity index (χ0n) is 14.4. The van der Waals surface area contributed by atoms with Crippen LogP contribution in [0, 0.1) is 0 Å². The number of nitrogens with one attached hydrogen (secondary N) is 2. The SMILES string of the molecule is CN=C(NCCCn1cccn1)NCc1ccnc(N(C)C)c1.I. The molecule has 0 bridgehead atoms. The van der Waals surface area contributed by atoms with Gasteiger partial charge in [-0.25, -0.2) is 4.98 Å². The van der Waals surface area contributed by atoms with Gasteiger partial charge in [0.2, 0.25) is 0 Å². The summed E-state index contributed by atoms with van der Waals surface area (Å²) in [6.45, 7) is 2.45. The molecule has 2 heterocycles. The third-order valence-electron chi connectivity index (χ3n) is 3.37. The first-order valence-corrected chi connectivity index (χ1v) is 7.73. The van der Waals surface area contributed by atoms with E-state index in [9.17, 15) is 0 Å². The molecule has 0 atom stereocenters. The van der Waals surface area contributed by atoms with Gasteiger partial charge in [-0.2, -0.15) is 5.10 Å². The van der Waals surface area contributed by atoms with E-state index >= 15 is 0 Å². The molecule has 2 N–H and O–H groups in total. The molecule has 0 saturated heterocycles. The van der Waals surface area contributed by atoms with E-state index in [0.29, 0.717) is 6.54 Å². The Labute approximate surface area is 160 Å². The molecule has 0 aliphatic heterocycles. The topological polar surface area (TPSA) is 70.4 Å². The van der Waals surface area contributed by atoms with E-state index in [1.165, 1.54) is 5.56 Å². The molecule has 132 valence electrons. The summed E-state index contributed by atoms with van der Waals surface area (Å²) < 4.78 is 1.93. The van der Waals surface area contributed by atoms with E-state index in [2.05, 4.69) is 31.8 Å². The van der Waals surface area contributed by atoms with Gasteiger partial charge in [-0.3, -0.25) is 9.67 Å². The Morgan fingerprint density at radius 2 is 2.12 bits per heavy atom. The molecule has 0 unspecified atom stereocenters. The molecule has 2 aromatic rings. The van der Waals surface area contributed by atoms with E-state index in [4.69, 9.17) is 0 Å². The zero-order chi connectivity index (χ0) is 16.5. The summed E-state index contributed by atoms with van der Waals surface area (Å²) in [4.78, 5) is 10.5. The lowest BCUT2D eigenvalue weighted by molar-refractivity contribution is 0.570. The maximum atomic E-state index is 4.32. The van der Waals surface area contributed by atoms with Crippen molar-refractivity contribution >= 4 is 35.8 Å². The number of aromatic nitrogens is 3. The van der Waals surface area contributed by atoms with Crippen LogP contribution >= 0.6 is 24.0 Å². The summed E-state index contributed by atoms with van der Waals surface area (Å²) in [6.07, 6.45) is 6.58.